The molecule has 0 unspecified atom stereocenters. The average Bonchev–Trinajstić information content (AvgIpc) is 2.80. The molecule has 100 valence electrons. The first-order valence-corrected chi connectivity index (χ1v) is 7.23. The lowest BCUT2D eigenvalue weighted by molar-refractivity contribution is -0.0122. The minimum atomic E-state index is 0.284. The molecule has 0 spiro atoms. The van der Waals surface area contributed by atoms with E-state index in [9.17, 15) is 0 Å². The maximum absolute atomic E-state index is 9.06. The number of nitriles is 1. The summed E-state index contributed by atoms with van der Waals surface area (Å²) in [6, 6.07) is 2.06. The van der Waals surface area contributed by atoms with Crippen LogP contribution < -0.4 is 4.74 Å². The SMILES string of the molecule is COc1oc(C2C3CC4CC(C3)CC2C4)nc1C#N. The van der Waals surface area contributed by atoms with E-state index in [0.29, 0.717) is 23.4 Å². The number of methoxy groups -OCH3 is 1. The van der Waals surface area contributed by atoms with Crippen LogP contribution in [-0.4, -0.2) is 12.1 Å². The van der Waals surface area contributed by atoms with E-state index in [-0.39, 0.29) is 5.95 Å². The first kappa shape index (κ1) is 11.3. The lowest BCUT2D eigenvalue weighted by Gasteiger charge is -2.53. The van der Waals surface area contributed by atoms with E-state index in [1.807, 2.05) is 0 Å². The monoisotopic (exact) mass is 258 g/mol. The predicted molar refractivity (Wildman–Crippen MR) is 67.6 cm³/mol. The van der Waals surface area contributed by atoms with Gasteiger partial charge in [0.05, 0.1) is 7.11 Å². The number of ether oxygens (including phenoxy) is 1. The Morgan fingerprint density at radius 3 is 2.26 bits per heavy atom. The van der Waals surface area contributed by atoms with Crippen LogP contribution in [0.15, 0.2) is 4.42 Å². The molecule has 4 fully saturated rings. The molecule has 1 aromatic heterocycles. The number of aromatic nitrogens is 1. The lowest BCUT2D eigenvalue weighted by Crippen LogP contribution is -2.43. The zero-order chi connectivity index (χ0) is 13.0. The van der Waals surface area contributed by atoms with E-state index in [1.165, 1.54) is 39.2 Å². The normalized spacial score (nSPS) is 39.3. The van der Waals surface area contributed by atoms with Crippen molar-refractivity contribution in [3.63, 3.8) is 0 Å². The highest BCUT2D eigenvalue weighted by Crippen LogP contribution is 2.59. The first-order valence-electron chi connectivity index (χ1n) is 7.23. The number of nitrogens with zero attached hydrogens (tertiary/aromatic N) is 2. The van der Waals surface area contributed by atoms with Crippen LogP contribution in [0.25, 0.3) is 0 Å². The van der Waals surface area contributed by atoms with Gasteiger partial charge in [-0.2, -0.15) is 10.2 Å². The molecule has 0 aliphatic heterocycles. The molecule has 4 aliphatic rings. The zero-order valence-electron chi connectivity index (χ0n) is 11.1. The Hall–Kier alpha value is -1.50. The van der Waals surface area contributed by atoms with Crippen LogP contribution in [0.5, 0.6) is 5.95 Å². The van der Waals surface area contributed by atoms with Gasteiger partial charge in [-0.3, -0.25) is 0 Å². The zero-order valence-corrected chi connectivity index (χ0v) is 11.1. The topological polar surface area (TPSA) is 59.1 Å². The maximum atomic E-state index is 9.06. The number of hydrogen-bond donors (Lipinski definition) is 0. The molecule has 4 aliphatic carbocycles. The second kappa shape index (κ2) is 4.00. The fourth-order valence-electron chi connectivity index (χ4n) is 5.00. The Kier molecular flexibility index (Phi) is 2.38. The number of oxazole rings is 1. The van der Waals surface area contributed by atoms with Crippen molar-refractivity contribution in [1.82, 2.24) is 4.98 Å². The molecule has 4 bridgehead atoms. The van der Waals surface area contributed by atoms with E-state index in [4.69, 9.17) is 14.4 Å². The van der Waals surface area contributed by atoms with Crippen LogP contribution >= 0.6 is 0 Å². The molecule has 0 N–H and O–H groups in total. The van der Waals surface area contributed by atoms with Gasteiger partial charge in [0.15, 0.2) is 0 Å². The standard InChI is InChI=1S/C15H18N2O2/c1-18-15-12(7-16)17-14(19-15)13-10-3-8-2-9(5-10)6-11(13)4-8/h8-11,13H,2-6H2,1H3. The van der Waals surface area contributed by atoms with Gasteiger partial charge in [-0.05, 0) is 55.8 Å². The maximum Gasteiger partial charge on any atom is 0.324 e. The second-order valence-electron chi connectivity index (χ2n) is 6.46. The van der Waals surface area contributed by atoms with E-state index in [2.05, 4.69) is 11.1 Å². The van der Waals surface area contributed by atoms with Crippen molar-refractivity contribution in [2.24, 2.45) is 23.7 Å². The van der Waals surface area contributed by atoms with Crippen molar-refractivity contribution < 1.29 is 9.15 Å². The van der Waals surface area contributed by atoms with Crippen LogP contribution in [0, 0.1) is 35.0 Å². The Bertz CT molecular complexity index is 515. The summed E-state index contributed by atoms with van der Waals surface area (Å²) >= 11 is 0. The minimum Gasteiger partial charge on any atom is -0.466 e. The summed E-state index contributed by atoms with van der Waals surface area (Å²) in [6.45, 7) is 0. The highest BCUT2D eigenvalue weighted by molar-refractivity contribution is 5.30. The summed E-state index contributed by atoms with van der Waals surface area (Å²) in [6.07, 6.45) is 6.74. The molecule has 0 saturated heterocycles. The van der Waals surface area contributed by atoms with Gasteiger partial charge in [0.25, 0.3) is 0 Å². The fraction of sp³-hybridized carbons (Fsp3) is 0.733. The van der Waals surface area contributed by atoms with Crippen LogP contribution in [0.4, 0.5) is 0 Å². The van der Waals surface area contributed by atoms with Crippen LogP contribution in [0.3, 0.4) is 0 Å². The molecule has 4 saturated carbocycles. The van der Waals surface area contributed by atoms with Crippen LogP contribution in [0.2, 0.25) is 0 Å². The summed E-state index contributed by atoms with van der Waals surface area (Å²) in [4.78, 5) is 4.39. The van der Waals surface area contributed by atoms with E-state index < -0.39 is 0 Å². The van der Waals surface area contributed by atoms with Gasteiger partial charge in [-0.25, -0.2) is 0 Å². The fourth-order valence-corrected chi connectivity index (χ4v) is 5.00. The van der Waals surface area contributed by atoms with Gasteiger partial charge in [0.2, 0.25) is 11.6 Å². The molecule has 0 atom stereocenters. The Morgan fingerprint density at radius 1 is 1.16 bits per heavy atom. The Balaban J connectivity index is 1.69. The number of hydrogen-bond acceptors (Lipinski definition) is 4. The van der Waals surface area contributed by atoms with Gasteiger partial charge >= 0.3 is 5.95 Å². The predicted octanol–water partition coefficient (Wildman–Crippen LogP) is 3.09. The van der Waals surface area contributed by atoms with Crippen LogP contribution in [-0.2, 0) is 0 Å². The third-order valence-corrected chi connectivity index (χ3v) is 5.42. The van der Waals surface area contributed by atoms with Crippen molar-refractivity contribution in [3.8, 4) is 12.0 Å². The largest absolute Gasteiger partial charge is 0.466 e. The molecule has 0 aromatic carbocycles. The van der Waals surface area contributed by atoms with Gasteiger partial charge in [-0.15, -0.1) is 0 Å². The highest BCUT2D eigenvalue weighted by Gasteiger charge is 2.50. The molecule has 1 aromatic rings. The molecule has 1 heterocycles. The minimum absolute atomic E-state index is 0.284. The summed E-state index contributed by atoms with van der Waals surface area (Å²) in [5.74, 6) is 4.76. The first-order chi connectivity index (χ1) is 9.28. The van der Waals surface area contributed by atoms with E-state index >= 15 is 0 Å². The van der Waals surface area contributed by atoms with Crippen molar-refractivity contribution in [2.45, 2.75) is 38.0 Å². The third kappa shape index (κ3) is 1.60. The second-order valence-corrected chi connectivity index (χ2v) is 6.46. The van der Waals surface area contributed by atoms with Gasteiger partial charge in [0, 0.05) is 5.92 Å². The van der Waals surface area contributed by atoms with Gasteiger partial charge < -0.3 is 9.15 Å². The smallest absolute Gasteiger partial charge is 0.324 e. The summed E-state index contributed by atoms with van der Waals surface area (Å²) < 4.78 is 10.8. The summed E-state index contributed by atoms with van der Waals surface area (Å²) in [5.41, 5.74) is 0.298. The molecule has 4 heteroatoms. The molecule has 0 amide bonds. The molecule has 0 radical (unpaired) electrons. The Morgan fingerprint density at radius 2 is 1.79 bits per heavy atom. The molecular weight excluding hydrogens is 240 g/mol. The third-order valence-electron chi connectivity index (χ3n) is 5.42. The van der Waals surface area contributed by atoms with Crippen molar-refractivity contribution in [2.75, 3.05) is 7.11 Å². The number of rotatable bonds is 2. The highest BCUT2D eigenvalue weighted by atomic mass is 16.6. The summed E-state index contributed by atoms with van der Waals surface area (Å²) in [5, 5.41) is 9.06. The quantitative estimate of drug-likeness (QED) is 0.817. The van der Waals surface area contributed by atoms with Gasteiger partial charge in [0.1, 0.15) is 6.07 Å². The molecule has 19 heavy (non-hydrogen) atoms. The lowest BCUT2D eigenvalue weighted by atomic mass is 9.52. The Labute approximate surface area is 112 Å². The molecule has 5 rings (SSSR count). The van der Waals surface area contributed by atoms with E-state index in [0.717, 1.165) is 17.7 Å². The van der Waals surface area contributed by atoms with Crippen LogP contribution in [0.1, 0.15) is 49.6 Å². The average molecular weight is 258 g/mol. The molecular formula is C15H18N2O2. The summed E-state index contributed by atoms with van der Waals surface area (Å²) in [7, 11) is 1.53. The van der Waals surface area contributed by atoms with E-state index in [1.54, 1.807) is 0 Å². The van der Waals surface area contributed by atoms with Crippen molar-refractivity contribution in [1.29, 1.82) is 5.26 Å². The van der Waals surface area contributed by atoms with Gasteiger partial charge in [-0.1, -0.05) is 0 Å². The molecule has 4 nitrogen and oxygen atoms in total. The van der Waals surface area contributed by atoms with Crippen molar-refractivity contribution in [3.05, 3.63) is 11.6 Å². The van der Waals surface area contributed by atoms with Crippen molar-refractivity contribution >= 4 is 0 Å².